The highest BCUT2D eigenvalue weighted by atomic mass is 15.2. The summed E-state index contributed by atoms with van der Waals surface area (Å²) in [5.74, 6) is 0. The van der Waals surface area contributed by atoms with Crippen molar-refractivity contribution in [2.75, 3.05) is 0 Å². The van der Waals surface area contributed by atoms with E-state index in [2.05, 4.69) is 113 Å². The average Bonchev–Trinajstić information content (AvgIpc) is 3.08. The van der Waals surface area contributed by atoms with Gasteiger partial charge in [-0.05, 0) is 53.9 Å². The zero-order chi connectivity index (χ0) is 18.7. The highest BCUT2D eigenvalue weighted by Crippen LogP contribution is 2.33. The van der Waals surface area contributed by atoms with Gasteiger partial charge in [0.05, 0.1) is 16.3 Å². The van der Waals surface area contributed by atoms with Gasteiger partial charge in [-0.15, -0.1) is 9.13 Å². The topological polar surface area (TPSA) is 7.76 Å². The van der Waals surface area contributed by atoms with Crippen LogP contribution in [0.2, 0.25) is 0 Å². The Balaban J connectivity index is 1.70. The summed E-state index contributed by atoms with van der Waals surface area (Å²) in [6.07, 6.45) is 4.54. The first-order chi connectivity index (χ1) is 13.8. The minimum absolute atomic E-state index is 0.112. The van der Waals surface area contributed by atoms with Gasteiger partial charge in [0.15, 0.2) is 12.4 Å². The Labute approximate surface area is 163 Å². The molecular formula is C26H20N2+2. The Hall–Kier alpha value is -3.52. The number of pyridine rings is 2. The number of aromatic nitrogens is 2. The van der Waals surface area contributed by atoms with Crippen LogP contribution in [0.4, 0.5) is 0 Å². The van der Waals surface area contributed by atoms with Gasteiger partial charge in [-0.25, -0.2) is 0 Å². The number of rotatable bonds is 2. The van der Waals surface area contributed by atoms with Crippen molar-refractivity contribution in [1.29, 1.82) is 0 Å². The highest BCUT2D eigenvalue weighted by Gasteiger charge is 2.43. The van der Waals surface area contributed by atoms with E-state index in [1.807, 2.05) is 0 Å². The summed E-state index contributed by atoms with van der Waals surface area (Å²) >= 11 is 0. The van der Waals surface area contributed by atoms with Crippen molar-refractivity contribution in [3.63, 3.8) is 0 Å². The van der Waals surface area contributed by atoms with E-state index in [-0.39, 0.29) is 6.17 Å². The number of hydrogen-bond donors (Lipinski definition) is 0. The van der Waals surface area contributed by atoms with E-state index in [9.17, 15) is 0 Å². The molecule has 0 unspecified atom stereocenters. The molecule has 3 aromatic carbocycles. The van der Waals surface area contributed by atoms with Crippen molar-refractivity contribution in [3.8, 4) is 11.1 Å². The Morgan fingerprint density at radius 1 is 0.571 bits per heavy atom. The summed E-state index contributed by atoms with van der Waals surface area (Å²) in [6.45, 7) is 2.19. The molecule has 0 amide bonds. The molecule has 2 heteroatoms. The molecule has 0 saturated carbocycles. The molecule has 0 radical (unpaired) electrons. The monoisotopic (exact) mass is 360 g/mol. The highest BCUT2D eigenvalue weighted by molar-refractivity contribution is 5.99. The molecular weight excluding hydrogens is 340 g/mol. The summed E-state index contributed by atoms with van der Waals surface area (Å²) < 4.78 is 4.85. The van der Waals surface area contributed by atoms with Crippen molar-refractivity contribution in [2.45, 2.75) is 13.1 Å². The van der Waals surface area contributed by atoms with Gasteiger partial charge < -0.3 is 0 Å². The fourth-order valence-corrected chi connectivity index (χ4v) is 4.73. The summed E-state index contributed by atoms with van der Waals surface area (Å²) in [4.78, 5) is 0. The van der Waals surface area contributed by atoms with Crippen LogP contribution in [0.25, 0.3) is 32.9 Å². The maximum Gasteiger partial charge on any atom is 0.381 e. The predicted octanol–water partition coefficient (Wildman–Crippen LogP) is 4.95. The fraction of sp³-hybridized carbons (Fsp3) is 0.0769. The molecule has 132 valence electrons. The Morgan fingerprint density at radius 2 is 1.14 bits per heavy atom. The summed E-state index contributed by atoms with van der Waals surface area (Å²) in [6, 6.07) is 30.7. The van der Waals surface area contributed by atoms with Gasteiger partial charge in [0, 0.05) is 12.1 Å². The molecule has 0 bridgehead atoms. The molecule has 0 atom stereocenters. The molecule has 6 rings (SSSR count). The van der Waals surface area contributed by atoms with Gasteiger partial charge >= 0.3 is 6.17 Å². The molecule has 3 heterocycles. The van der Waals surface area contributed by atoms with E-state index in [1.165, 1.54) is 44.1 Å². The molecule has 0 saturated heterocycles. The molecule has 0 aliphatic carbocycles. The lowest BCUT2D eigenvalue weighted by molar-refractivity contribution is -0.894. The molecule has 0 spiro atoms. The van der Waals surface area contributed by atoms with Crippen LogP contribution in [0.3, 0.4) is 0 Å². The van der Waals surface area contributed by atoms with Crippen LogP contribution in [0.5, 0.6) is 0 Å². The first-order valence-electron chi connectivity index (χ1n) is 9.74. The van der Waals surface area contributed by atoms with Crippen molar-refractivity contribution in [2.24, 2.45) is 0 Å². The zero-order valence-corrected chi connectivity index (χ0v) is 15.7. The van der Waals surface area contributed by atoms with Crippen molar-refractivity contribution >= 4 is 21.8 Å². The molecule has 28 heavy (non-hydrogen) atoms. The Kier molecular flexibility index (Phi) is 3.18. The smallest absolute Gasteiger partial charge is 0.126 e. The maximum absolute atomic E-state index is 2.43. The largest absolute Gasteiger partial charge is 0.381 e. The van der Waals surface area contributed by atoms with Crippen molar-refractivity contribution in [3.05, 3.63) is 108 Å². The predicted molar refractivity (Wildman–Crippen MR) is 112 cm³/mol. The number of hydrogen-bond acceptors (Lipinski definition) is 0. The van der Waals surface area contributed by atoms with Crippen LogP contribution < -0.4 is 9.13 Å². The van der Waals surface area contributed by atoms with Gasteiger partial charge in [0.1, 0.15) is 0 Å². The van der Waals surface area contributed by atoms with Crippen LogP contribution in [0, 0.1) is 6.92 Å². The standard InChI is InChI=1S/C26H20N2/c1-18-8-2-3-11-21(18)22-12-4-5-13-23(22)26-27-16-6-9-19-14-15-20-10-7-17-28(26)25(20)24(19)27/h2-17,26H,1H3/q+2. The second-order valence-corrected chi connectivity index (χ2v) is 7.55. The van der Waals surface area contributed by atoms with Gasteiger partial charge in [0.25, 0.3) is 11.0 Å². The molecule has 5 aromatic rings. The van der Waals surface area contributed by atoms with E-state index in [0.29, 0.717) is 0 Å². The van der Waals surface area contributed by atoms with E-state index in [4.69, 9.17) is 0 Å². The third-order valence-electron chi connectivity index (χ3n) is 5.98. The summed E-state index contributed by atoms with van der Waals surface area (Å²) in [7, 11) is 0. The fourth-order valence-electron chi connectivity index (χ4n) is 4.73. The first-order valence-corrected chi connectivity index (χ1v) is 9.74. The van der Waals surface area contributed by atoms with Gasteiger partial charge in [-0.2, -0.15) is 0 Å². The van der Waals surface area contributed by atoms with Gasteiger partial charge in [-0.3, -0.25) is 0 Å². The van der Waals surface area contributed by atoms with Crippen molar-refractivity contribution in [1.82, 2.24) is 0 Å². The first kappa shape index (κ1) is 15.5. The van der Waals surface area contributed by atoms with Gasteiger partial charge in [0.2, 0.25) is 0 Å². The van der Waals surface area contributed by atoms with E-state index < -0.39 is 0 Å². The lowest BCUT2D eigenvalue weighted by Gasteiger charge is -2.12. The van der Waals surface area contributed by atoms with E-state index in [1.54, 1.807) is 0 Å². The quantitative estimate of drug-likeness (QED) is 0.305. The third-order valence-corrected chi connectivity index (χ3v) is 5.98. The normalized spacial score (nSPS) is 13.0. The lowest BCUT2D eigenvalue weighted by Crippen LogP contribution is -2.52. The van der Waals surface area contributed by atoms with E-state index in [0.717, 1.165) is 0 Å². The van der Waals surface area contributed by atoms with Crippen LogP contribution in [-0.4, -0.2) is 0 Å². The number of benzene rings is 3. The molecule has 2 nitrogen and oxygen atoms in total. The summed E-state index contributed by atoms with van der Waals surface area (Å²) in [5.41, 5.74) is 7.84. The van der Waals surface area contributed by atoms with Crippen LogP contribution >= 0.6 is 0 Å². The lowest BCUT2D eigenvalue weighted by atomic mass is 9.94. The molecule has 0 fully saturated rings. The second kappa shape index (κ2) is 5.74. The molecule has 2 aromatic heterocycles. The number of nitrogens with zero attached hydrogens (tertiary/aromatic N) is 2. The molecule has 1 aliphatic rings. The van der Waals surface area contributed by atoms with Crippen LogP contribution in [0.1, 0.15) is 17.3 Å². The van der Waals surface area contributed by atoms with Crippen molar-refractivity contribution < 1.29 is 9.13 Å². The maximum atomic E-state index is 2.43. The number of aryl methyl sites for hydroxylation is 1. The minimum Gasteiger partial charge on any atom is -0.126 e. The van der Waals surface area contributed by atoms with Gasteiger partial charge in [-0.1, -0.05) is 42.5 Å². The molecule has 0 N–H and O–H groups in total. The second-order valence-electron chi connectivity index (χ2n) is 7.55. The zero-order valence-electron chi connectivity index (χ0n) is 15.7. The van der Waals surface area contributed by atoms with Crippen LogP contribution in [0.15, 0.2) is 97.3 Å². The van der Waals surface area contributed by atoms with E-state index >= 15 is 0 Å². The average molecular weight is 360 g/mol. The minimum atomic E-state index is 0.112. The molecule has 1 aliphatic heterocycles. The summed E-state index contributed by atoms with van der Waals surface area (Å²) in [5, 5.41) is 2.57. The third kappa shape index (κ3) is 2.03. The Morgan fingerprint density at radius 3 is 1.79 bits per heavy atom. The SMILES string of the molecule is Cc1ccccc1-c1ccccc1C1[n+]2cccc3ccc4ccc[n+]1c4c32. The van der Waals surface area contributed by atoms with Crippen LogP contribution in [-0.2, 0) is 0 Å². The Bertz CT molecular complexity index is 1320.